The second-order valence-electron chi connectivity index (χ2n) is 4.45. The maximum absolute atomic E-state index is 12.0. The third-order valence-electron chi connectivity index (χ3n) is 3.05. The summed E-state index contributed by atoms with van der Waals surface area (Å²) in [7, 11) is 1.62. The first-order chi connectivity index (χ1) is 9.67. The van der Waals surface area contributed by atoms with E-state index in [2.05, 4.69) is 15.8 Å². The van der Waals surface area contributed by atoms with Crippen molar-refractivity contribution in [2.24, 2.45) is 0 Å². The topological polar surface area (TPSA) is 68.2 Å². The van der Waals surface area contributed by atoms with Crippen molar-refractivity contribution in [3.05, 3.63) is 51.9 Å². The molecule has 2 aromatic rings. The standard InChI is InChI=1S/C14H14N4O2/c1-9-7-13(19)18-8-12(16-17-14(18)15-9)10-3-5-11(20-2)6-4-10/h3-8,16H,1-2H3,(H,15,17). The Morgan fingerprint density at radius 2 is 1.95 bits per heavy atom. The van der Waals surface area contributed by atoms with Crippen LogP contribution < -0.4 is 21.1 Å². The fraction of sp³-hybridized carbons (Fsp3) is 0.143. The molecule has 0 fully saturated rings. The first-order valence-electron chi connectivity index (χ1n) is 6.16. The van der Waals surface area contributed by atoms with E-state index in [1.807, 2.05) is 24.3 Å². The molecule has 1 aliphatic heterocycles. The number of hydrazine groups is 1. The summed E-state index contributed by atoms with van der Waals surface area (Å²) in [6.07, 6.45) is 1.72. The molecule has 0 bridgehead atoms. The zero-order valence-corrected chi connectivity index (χ0v) is 11.2. The number of hydrogen-bond donors (Lipinski definition) is 2. The van der Waals surface area contributed by atoms with Crippen molar-refractivity contribution >= 4 is 17.8 Å². The summed E-state index contributed by atoms with van der Waals surface area (Å²) in [6, 6.07) is 9.06. The fourth-order valence-corrected chi connectivity index (χ4v) is 2.02. The predicted molar refractivity (Wildman–Crippen MR) is 77.2 cm³/mol. The number of ether oxygens (including phenoxy) is 1. The maximum atomic E-state index is 12.0. The fourth-order valence-electron chi connectivity index (χ4n) is 2.02. The number of anilines is 1. The molecule has 1 aliphatic rings. The van der Waals surface area contributed by atoms with Crippen molar-refractivity contribution in [2.45, 2.75) is 6.92 Å². The Morgan fingerprint density at radius 1 is 1.20 bits per heavy atom. The molecule has 2 N–H and O–H groups in total. The van der Waals surface area contributed by atoms with Gasteiger partial charge in [-0.3, -0.25) is 20.2 Å². The summed E-state index contributed by atoms with van der Waals surface area (Å²) < 4.78 is 6.60. The summed E-state index contributed by atoms with van der Waals surface area (Å²) in [5, 5.41) is 0. The van der Waals surface area contributed by atoms with Gasteiger partial charge in [-0.1, -0.05) is 0 Å². The highest BCUT2D eigenvalue weighted by Gasteiger charge is 2.13. The quantitative estimate of drug-likeness (QED) is 0.864. The molecule has 0 aliphatic carbocycles. The summed E-state index contributed by atoms with van der Waals surface area (Å²) in [5.41, 5.74) is 8.24. The molecule has 0 spiro atoms. The molecule has 0 saturated carbocycles. The molecule has 6 nitrogen and oxygen atoms in total. The Morgan fingerprint density at radius 3 is 2.65 bits per heavy atom. The van der Waals surface area contributed by atoms with E-state index < -0.39 is 0 Å². The molecular formula is C14H14N4O2. The van der Waals surface area contributed by atoms with Crippen molar-refractivity contribution in [2.75, 3.05) is 12.5 Å². The van der Waals surface area contributed by atoms with E-state index >= 15 is 0 Å². The summed E-state index contributed by atoms with van der Waals surface area (Å²) in [5.74, 6) is 1.26. The van der Waals surface area contributed by atoms with E-state index in [9.17, 15) is 4.79 Å². The van der Waals surface area contributed by atoms with Gasteiger partial charge in [0.05, 0.1) is 12.8 Å². The van der Waals surface area contributed by atoms with Gasteiger partial charge < -0.3 is 4.74 Å². The van der Waals surface area contributed by atoms with Gasteiger partial charge in [0.1, 0.15) is 5.75 Å². The summed E-state index contributed by atoms with van der Waals surface area (Å²) in [4.78, 5) is 16.2. The minimum absolute atomic E-state index is 0.118. The zero-order chi connectivity index (χ0) is 14.1. The van der Waals surface area contributed by atoms with E-state index in [1.165, 1.54) is 10.6 Å². The van der Waals surface area contributed by atoms with Crippen molar-refractivity contribution < 1.29 is 4.74 Å². The molecule has 0 unspecified atom stereocenters. The van der Waals surface area contributed by atoms with Crippen LogP contribution >= 0.6 is 0 Å². The second kappa shape index (κ2) is 4.73. The van der Waals surface area contributed by atoms with E-state index in [4.69, 9.17) is 4.74 Å². The monoisotopic (exact) mass is 270 g/mol. The van der Waals surface area contributed by atoms with Gasteiger partial charge in [0.25, 0.3) is 5.56 Å². The molecule has 20 heavy (non-hydrogen) atoms. The minimum atomic E-state index is -0.118. The van der Waals surface area contributed by atoms with Gasteiger partial charge in [-0.25, -0.2) is 4.98 Å². The minimum Gasteiger partial charge on any atom is -0.497 e. The van der Waals surface area contributed by atoms with Gasteiger partial charge in [-0.05, 0) is 31.2 Å². The van der Waals surface area contributed by atoms with Crippen molar-refractivity contribution in [1.82, 2.24) is 15.0 Å². The van der Waals surface area contributed by atoms with Crippen molar-refractivity contribution in [1.29, 1.82) is 0 Å². The number of fused-ring (bicyclic) bond motifs is 1. The summed E-state index contributed by atoms with van der Waals surface area (Å²) >= 11 is 0. The Kier molecular flexibility index (Phi) is 2.90. The number of nitrogens with one attached hydrogen (secondary N) is 2. The largest absolute Gasteiger partial charge is 0.497 e. The number of hydrogen-bond acceptors (Lipinski definition) is 5. The lowest BCUT2D eigenvalue weighted by molar-refractivity contribution is 0.415. The highest BCUT2D eigenvalue weighted by Crippen LogP contribution is 2.20. The van der Waals surface area contributed by atoms with Gasteiger partial charge >= 0.3 is 0 Å². The Bertz CT molecular complexity index is 732. The van der Waals surface area contributed by atoms with Crippen LogP contribution in [0, 0.1) is 6.92 Å². The molecule has 3 rings (SSSR count). The average Bonchev–Trinajstić information content (AvgIpc) is 2.47. The van der Waals surface area contributed by atoms with Gasteiger partial charge in [0.2, 0.25) is 5.95 Å². The molecule has 0 saturated heterocycles. The Labute approximate surface area is 115 Å². The molecular weight excluding hydrogens is 256 g/mol. The van der Waals surface area contributed by atoms with Crippen LogP contribution in [0.1, 0.15) is 11.3 Å². The Balaban J connectivity index is 2.03. The predicted octanol–water partition coefficient (Wildman–Crippen LogP) is 1.45. The molecule has 6 heteroatoms. The van der Waals surface area contributed by atoms with Gasteiger partial charge in [0.15, 0.2) is 0 Å². The van der Waals surface area contributed by atoms with E-state index in [-0.39, 0.29) is 5.56 Å². The lowest BCUT2D eigenvalue weighted by Crippen LogP contribution is -2.32. The van der Waals surface area contributed by atoms with E-state index in [0.717, 1.165) is 17.0 Å². The molecule has 2 heterocycles. The van der Waals surface area contributed by atoms with Crippen LogP contribution in [0.15, 0.2) is 35.1 Å². The van der Waals surface area contributed by atoms with Crippen LogP contribution in [0.4, 0.5) is 5.95 Å². The molecule has 0 atom stereocenters. The number of aryl methyl sites for hydroxylation is 1. The van der Waals surface area contributed by atoms with Crippen LogP contribution in [0.5, 0.6) is 5.75 Å². The maximum Gasteiger partial charge on any atom is 0.259 e. The lowest BCUT2D eigenvalue weighted by atomic mass is 10.1. The van der Waals surface area contributed by atoms with Crippen LogP contribution in [0.3, 0.4) is 0 Å². The smallest absolute Gasteiger partial charge is 0.259 e. The Hall–Kier alpha value is -2.76. The number of benzene rings is 1. The highest BCUT2D eigenvalue weighted by molar-refractivity contribution is 5.77. The number of rotatable bonds is 2. The van der Waals surface area contributed by atoms with Crippen molar-refractivity contribution in [3.63, 3.8) is 0 Å². The molecule has 0 radical (unpaired) electrons. The number of methoxy groups -OCH3 is 1. The zero-order valence-electron chi connectivity index (χ0n) is 11.2. The molecule has 1 aromatic carbocycles. The van der Waals surface area contributed by atoms with Crippen molar-refractivity contribution in [3.8, 4) is 5.75 Å². The first-order valence-corrected chi connectivity index (χ1v) is 6.16. The van der Waals surface area contributed by atoms with Crippen LogP contribution in [-0.4, -0.2) is 16.7 Å². The van der Waals surface area contributed by atoms with Crippen LogP contribution in [-0.2, 0) is 0 Å². The lowest BCUT2D eigenvalue weighted by Gasteiger charge is -2.21. The van der Waals surface area contributed by atoms with Gasteiger partial charge in [0, 0.05) is 23.5 Å². The SMILES string of the molecule is COc1ccc(C2=Cn3c(nc(C)cc3=O)NN2)cc1. The third kappa shape index (κ3) is 2.11. The average molecular weight is 270 g/mol. The van der Waals surface area contributed by atoms with Crippen LogP contribution in [0.25, 0.3) is 11.9 Å². The van der Waals surface area contributed by atoms with Gasteiger partial charge in [-0.2, -0.15) is 0 Å². The summed E-state index contributed by atoms with van der Waals surface area (Å²) in [6.45, 7) is 1.78. The van der Waals surface area contributed by atoms with E-state index in [0.29, 0.717) is 11.6 Å². The van der Waals surface area contributed by atoms with Crippen LogP contribution in [0.2, 0.25) is 0 Å². The van der Waals surface area contributed by atoms with E-state index in [1.54, 1.807) is 20.2 Å². The highest BCUT2D eigenvalue weighted by atomic mass is 16.5. The molecule has 1 aromatic heterocycles. The third-order valence-corrected chi connectivity index (χ3v) is 3.05. The van der Waals surface area contributed by atoms with Gasteiger partial charge in [-0.15, -0.1) is 0 Å². The first kappa shape index (κ1) is 12.3. The molecule has 102 valence electrons. The number of aromatic nitrogens is 2. The normalized spacial score (nSPS) is 12.8. The second-order valence-corrected chi connectivity index (χ2v) is 4.45. The number of nitrogens with zero attached hydrogens (tertiary/aromatic N) is 2. The molecule has 0 amide bonds.